The van der Waals surface area contributed by atoms with Crippen LogP contribution in [0.2, 0.25) is 25.7 Å². The Bertz CT molecular complexity index is 1340. The highest BCUT2D eigenvalue weighted by Crippen LogP contribution is 2.29. The van der Waals surface area contributed by atoms with Gasteiger partial charge in [-0.3, -0.25) is 4.79 Å². The number of carboxylic acid groups (broad SMARTS) is 1. The molecule has 1 aromatic carbocycles. The maximum atomic E-state index is 12.6. The highest BCUT2D eigenvalue weighted by atomic mass is 32.1. The van der Waals surface area contributed by atoms with Crippen molar-refractivity contribution in [3.05, 3.63) is 70.9 Å². The molecule has 8 nitrogen and oxygen atoms in total. The topological polar surface area (TPSA) is 106 Å². The summed E-state index contributed by atoms with van der Waals surface area (Å²) in [6.45, 7) is 8.11. The number of rotatable bonds is 10. The summed E-state index contributed by atoms with van der Waals surface area (Å²) in [6.07, 6.45) is 3.12. The number of fused-ring (bicyclic) bond motifs is 1. The molecule has 0 radical (unpaired) electrons. The summed E-state index contributed by atoms with van der Waals surface area (Å²) in [7, 11) is -1.22. The number of nitrogens with zero attached hydrogens (tertiary/aromatic N) is 3. The van der Waals surface area contributed by atoms with Gasteiger partial charge in [-0.15, -0.1) is 11.3 Å². The second-order valence-corrected chi connectivity index (χ2v) is 16.1. The molecule has 4 rings (SSSR count). The van der Waals surface area contributed by atoms with Crippen molar-refractivity contribution in [2.24, 2.45) is 0 Å². The van der Waals surface area contributed by atoms with E-state index in [0.29, 0.717) is 34.9 Å². The molecule has 3 aromatic heterocycles. The van der Waals surface area contributed by atoms with E-state index in [0.717, 1.165) is 16.5 Å². The minimum absolute atomic E-state index is 0.0699. The molecule has 4 aromatic rings. The second-order valence-electron chi connectivity index (χ2n) is 9.43. The average Bonchev–Trinajstić information content (AvgIpc) is 3.46. The van der Waals surface area contributed by atoms with Crippen molar-refractivity contribution in [1.29, 1.82) is 0 Å². The van der Waals surface area contributed by atoms with E-state index >= 15 is 0 Å². The molecular weight excluding hydrogens is 480 g/mol. The van der Waals surface area contributed by atoms with Gasteiger partial charge >= 0.3 is 5.97 Å². The van der Waals surface area contributed by atoms with Crippen LogP contribution in [0.4, 0.5) is 0 Å². The number of nitrogens with one attached hydrogen (secondary N) is 1. The van der Waals surface area contributed by atoms with E-state index in [1.807, 2.05) is 30.3 Å². The highest BCUT2D eigenvalue weighted by Gasteiger charge is 2.19. The molecule has 0 fully saturated rings. The predicted octanol–water partition coefficient (Wildman–Crippen LogP) is 5.10. The first kappa shape index (κ1) is 24.8. The third-order valence-electron chi connectivity index (χ3n) is 5.40. The quantitative estimate of drug-likeness (QED) is 0.228. The summed E-state index contributed by atoms with van der Waals surface area (Å²) in [5.74, 6) is -1.25. The Morgan fingerprint density at radius 3 is 2.63 bits per heavy atom. The summed E-state index contributed by atoms with van der Waals surface area (Å²) >= 11 is 1.29. The second kappa shape index (κ2) is 10.5. The number of hydrogen-bond donors (Lipinski definition) is 2. The van der Waals surface area contributed by atoms with E-state index in [2.05, 4.69) is 34.9 Å². The molecule has 35 heavy (non-hydrogen) atoms. The zero-order chi connectivity index (χ0) is 25.0. The van der Waals surface area contributed by atoms with Crippen LogP contribution in [-0.2, 0) is 18.0 Å². The molecule has 0 aliphatic heterocycles. The monoisotopic (exact) mass is 508 g/mol. The summed E-state index contributed by atoms with van der Waals surface area (Å²) in [6, 6.07) is 14.3. The lowest BCUT2D eigenvalue weighted by Gasteiger charge is -2.15. The normalized spacial score (nSPS) is 11.6. The third kappa shape index (κ3) is 6.21. The van der Waals surface area contributed by atoms with Gasteiger partial charge in [0.05, 0.1) is 21.6 Å². The van der Waals surface area contributed by atoms with Crippen LogP contribution < -0.4 is 5.32 Å². The Kier molecular flexibility index (Phi) is 7.44. The molecule has 0 saturated heterocycles. The first-order chi connectivity index (χ1) is 16.7. The molecule has 0 unspecified atom stereocenters. The molecule has 1 amide bonds. The van der Waals surface area contributed by atoms with Crippen LogP contribution in [0.25, 0.3) is 21.7 Å². The van der Waals surface area contributed by atoms with Crippen LogP contribution in [-0.4, -0.2) is 46.2 Å². The van der Waals surface area contributed by atoms with Gasteiger partial charge in [-0.05, 0) is 23.7 Å². The minimum atomic E-state index is -1.22. The Balaban J connectivity index is 1.51. The fraction of sp³-hybridized carbons (Fsp3) is 0.280. The number of thiophene rings is 1. The number of benzene rings is 1. The van der Waals surface area contributed by atoms with Crippen molar-refractivity contribution in [1.82, 2.24) is 19.9 Å². The zero-order valence-electron chi connectivity index (χ0n) is 19.9. The lowest BCUT2D eigenvalue weighted by atomic mass is 10.2. The number of carbonyl (C=O) groups excluding carboxylic acids is 1. The lowest BCUT2D eigenvalue weighted by Crippen LogP contribution is -2.22. The molecule has 10 heteroatoms. The summed E-state index contributed by atoms with van der Waals surface area (Å²) < 4.78 is 7.47. The van der Waals surface area contributed by atoms with Gasteiger partial charge in [0.1, 0.15) is 17.8 Å². The van der Waals surface area contributed by atoms with Crippen LogP contribution in [0.1, 0.15) is 25.6 Å². The standard InChI is InChI=1S/C25H28N4O4SSi/c1-35(2,3)12-11-33-16-29-15-18(25(31)32)22-23(29)26-14-19(28-22)20-9-10-21(34-20)24(30)27-13-17-7-5-4-6-8-17/h4-10,14-15H,11-13,16H2,1-3H3,(H,27,30)(H,31,32). The summed E-state index contributed by atoms with van der Waals surface area (Å²) in [5.41, 5.74) is 2.36. The van der Waals surface area contributed by atoms with Crippen LogP contribution in [0.3, 0.4) is 0 Å². The molecular formula is C25H28N4O4SSi. The number of carboxylic acids is 1. The fourth-order valence-corrected chi connectivity index (χ4v) is 5.06. The van der Waals surface area contributed by atoms with E-state index in [9.17, 15) is 14.7 Å². The van der Waals surface area contributed by atoms with Crippen LogP contribution >= 0.6 is 11.3 Å². The maximum absolute atomic E-state index is 12.6. The zero-order valence-corrected chi connectivity index (χ0v) is 21.8. The SMILES string of the molecule is C[Si](C)(C)CCOCn1cc(C(=O)O)c2nc(-c3ccc(C(=O)NCc4ccccc4)s3)cnc21. The predicted molar refractivity (Wildman–Crippen MR) is 140 cm³/mol. The van der Waals surface area contributed by atoms with Gasteiger partial charge in [0.15, 0.2) is 5.65 Å². The van der Waals surface area contributed by atoms with Crippen LogP contribution in [0.15, 0.2) is 54.9 Å². The molecule has 0 atom stereocenters. The van der Waals surface area contributed by atoms with Gasteiger partial charge in [0, 0.05) is 27.4 Å². The molecule has 0 aliphatic rings. The summed E-state index contributed by atoms with van der Waals surface area (Å²) in [4.78, 5) is 34.8. The number of aromatic carboxylic acids is 1. The Morgan fingerprint density at radius 1 is 1.14 bits per heavy atom. The van der Waals surface area contributed by atoms with Gasteiger partial charge in [0.25, 0.3) is 5.91 Å². The largest absolute Gasteiger partial charge is 0.478 e. The molecule has 0 saturated carbocycles. The number of aromatic nitrogens is 3. The Labute approximate surface area is 208 Å². The van der Waals surface area contributed by atoms with E-state index in [1.165, 1.54) is 17.5 Å². The lowest BCUT2D eigenvalue weighted by molar-refractivity contribution is 0.0695. The van der Waals surface area contributed by atoms with Crippen molar-refractivity contribution in [3.63, 3.8) is 0 Å². The number of amides is 1. The van der Waals surface area contributed by atoms with Crippen LogP contribution in [0.5, 0.6) is 0 Å². The van der Waals surface area contributed by atoms with E-state index in [-0.39, 0.29) is 18.2 Å². The van der Waals surface area contributed by atoms with E-state index in [4.69, 9.17) is 4.74 Å². The first-order valence-electron chi connectivity index (χ1n) is 11.3. The molecule has 0 bridgehead atoms. The van der Waals surface area contributed by atoms with Crippen LogP contribution in [0, 0.1) is 0 Å². The highest BCUT2D eigenvalue weighted by molar-refractivity contribution is 7.17. The minimum Gasteiger partial charge on any atom is -0.478 e. The summed E-state index contributed by atoms with van der Waals surface area (Å²) in [5, 5.41) is 12.6. The first-order valence-corrected chi connectivity index (χ1v) is 15.8. The smallest absolute Gasteiger partial charge is 0.339 e. The van der Waals surface area contributed by atoms with Gasteiger partial charge in [-0.25, -0.2) is 14.8 Å². The number of hydrogen-bond acceptors (Lipinski definition) is 6. The molecule has 182 valence electrons. The van der Waals surface area contributed by atoms with E-state index in [1.54, 1.807) is 22.9 Å². The average molecular weight is 509 g/mol. The fourth-order valence-electron chi connectivity index (χ4n) is 3.43. The molecule has 2 N–H and O–H groups in total. The van der Waals surface area contributed by atoms with Crippen molar-refractivity contribution in [2.45, 2.75) is 39.0 Å². The number of carbonyl (C=O) groups is 2. The van der Waals surface area contributed by atoms with Gasteiger partial charge in [-0.2, -0.15) is 0 Å². The van der Waals surface area contributed by atoms with E-state index < -0.39 is 14.0 Å². The molecule has 0 aliphatic carbocycles. The molecule has 0 spiro atoms. The van der Waals surface area contributed by atoms with Crippen molar-refractivity contribution in [2.75, 3.05) is 6.61 Å². The van der Waals surface area contributed by atoms with Gasteiger partial charge in [0.2, 0.25) is 0 Å². The Hall–Kier alpha value is -3.34. The third-order valence-corrected chi connectivity index (χ3v) is 8.21. The molecule has 3 heterocycles. The Morgan fingerprint density at radius 2 is 1.91 bits per heavy atom. The maximum Gasteiger partial charge on any atom is 0.339 e. The van der Waals surface area contributed by atoms with Gasteiger partial charge in [-0.1, -0.05) is 50.0 Å². The van der Waals surface area contributed by atoms with Crippen molar-refractivity contribution < 1.29 is 19.4 Å². The van der Waals surface area contributed by atoms with Gasteiger partial charge < -0.3 is 19.7 Å². The van der Waals surface area contributed by atoms with Crippen molar-refractivity contribution in [3.8, 4) is 10.6 Å². The number of ether oxygens (including phenoxy) is 1. The van der Waals surface area contributed by atoms with Crippen molar-refractivity contribution >= 4 is 42.5 Å².